The maximum atomic E-state index is 12.5. The van der Waals surface area contributed by atoms with E-state index in [0.717, 1.165) is 0 Å². The maximum absolute atomic E-state index is 12.5. The van der Waals surface area contributed by atoms with E-state index in [9.17, 15) is 14.4 Å². The van der Waals surface area contributed by atoms with Crippen molar-refractivity contribution in [3.63, 3.8) is 0 Å². The van der Waals surface area contributed by atoms with Gasteiger partial charge in [-0.25, -0.2) is 9.78 Å². The summed E-state index contributed by atoms with van der Waals surface area (Å²) in [6.45, 7) is 3.07. The van der Waals surface area contributed by atoms with Gasteiger partial charge < -0.3 is 14.4 Å². The highest BCUT2D eigenvalue weighted by molar-refractivity contribution is 5.94. The van der Waals surface area contributed by atoms with Crippen LogP contribution in [0.4, 0.5) is 0 Å². The number of methoxy groups -OCH3 is 1. The number of likely N-dealkylation sites (tertiary alicyclic amines) is 1. The van der Waals surface area contributed by atoms with Crippen molar-refractivity contribution in [1.29, 1.82) is 0 Å². The minimum absolute atomic E-state index is 0.0970. The molecule has 7 nitrogen and oxygen atoms in total. The summed E-state index contributed by atoms with van der Waals surface area (Å²) in [6, 6.07) is 4.65. The van der Waals surface area contributed by atoms with Crippen LogP contribution in [0.5, 0.6) is 0 Å². The number of piperidine rings is 1. The van der Waals surface area contributed by atoms with E-state index in [1.54, 1.807) is 24.0 Å². The number of rotatable bonds is 4. The molecule has 1 aromatic heterocycles. The van der Waals surface area contributed by atoms with E-state index in [4.69, 9.17) is 4.74 Å². The quantitative estimate of drug-likeness (QED) is 0.777. The molecule has 0 spiro atoms. The van der Waals surface area contributed by atoms with Crippen LogP contribution in [0, 0.1) is 5.92 Å². The van der Waals surface area contributed by atoms with Crippen LogP contribution in [-0.2, 0) is 14.3 Å². The lowest BCUT2D eigenvalue weighted by molar-refractivity contribution is -0.149. The van der Waals surface area contributed by atoms with Gasteiger partial charge in [0.05, 0.1) is 19.6 Å². The van der Waals surface area contributed by atoms with Crippen LogP contribution >= 0.6 is 0 Å². The summed E-state index contributed by atoms with van der Waals surface area (Å²) >= 11 is 0. The van der Waals surface area contributed by atoms with E-state index in [0.29, 0.717) is 32.5 Å². The number of ether oxygens (including phenoxy) is 2. The summed E-state index contributed by atoms with van der Waals surface area (Å²) in [4.78, 5) is 41.3. The lowest BCUT2D eigenvalue weighted by Crippen LogP contribution is -2.41. The Morgan fingerprint density at radius 1 is 1.22 bits per heavy atom. The number of hydrogen-bond donors (Lipinski definition) is 0. The highest BCUT2D eigenvalue weighted by Gasteiger charge is 2.29. The highest BCUT2D eigenvalue weighted by atomic mass is 16.5. The molecule has 0 radical (unpaired) electrons. The van der Waals surface area contributed by atoms with Crippen molar-refractivity contribution in [1.82, 2.24) is 9.88 Å². The Bertz CT molecular complexity index is 594. The molecule has 2 rings (SSSR count). The molecular formula is C16H20N2O5. The summed E-state index contributed by atoms with van der Waals surface area (Å²) in [5.74, 6) is -1.20. The smallest absolute Gasteiger partial charge is 0.356 e. The molecule has 1 amide bonds. The molecular weight excluding hydrogens is 300 g/mol. The second-order valence-corrected chi connectivity index (χ2v) is 5.22. The number of hydrogen-bond acceptors (Lipinski definition) is 6. The number of amides is 1. The minimum atomic E-state index is -0.583. The van der Waals surface area contributed by atoms with Gasteiger partial charge in [-0.3, -0.25) is 9.59 Å². The van der Waals surface area contributed by atoms with Crippen molar-refractivity contribution in [2.45, 2.75) is 19.8 Å². The van der Waals surface area contributed by atoms with Crippen molar-refractivity contribution in [3.8, 4) is 0 Å². The topological polar surface area (TPSA) is 85.8 Å². The Balaban J connectivity index is 2.00. The third-order valence-corrected chi connectivity index (χ3v) is 3.76. The molecule has 0 N–H and O–H groups in total. The number of carbonyl (C=O) groups is 3. The zero-order chi connectivity index (χ0) is 16.8. The van der Waals surface area contributed by atoms with Crippen LogP contribution in [0.2, 0.25) is 0 Å². The lowest BCUT2D eigenvalue weighted by atomic mass is 9.97. The van der Waals surface area contributed by atoms with Crippen LogP contribution in [0.15, 0.2) is 18.2 Å². The molecule has 0 aliphatic carbocycles. The summed E-state index contributed by atoms with van der Waals surface area (Å²) in [5.41, 5.74) is 0.294. The normalized spacial score (nSPS) is 15.1. The van der Waals surface area contributed by atoms with E-state index in [2.05, 4.69) is 9.72 Å². The molecule has 0 unspecified atom stereocenters. The Labute approximate surface area is 134 Å². The average Bonchev–Trinajstić information content (AvgIpc) is 2.60. The Hall–Kier alpha value is -2.44. The number of carbonyl (C=O) groups excluding carboxylic acids is 3. The van der Waals surface area contributed by atoms with Gasteiger partial charge in [0.25, 0.3) is 5.91 Å². The number of pyridine rings is 1. The van der Waals surface area contributed by atoms with Gasteiger partial charge in [0.2, 0.25) is 0 Å². The second-order valence-electron chi connectivity index (χ2n) is 5.22. The molecule has 23 heavy (non-hydrogen) atoms. The second kappa shape index (κ2) is 7.71. The van der Waals surface area contributed by atoms with Crippen molar-refractivity contribution in [2.24, 2.45) is 5.92 Å². The summed E-state index contributed by atoms with van der Waals surface area (Å²) < 4.78 is 9.61. The SMILES string of the molecule is CCOC(=O)C1CCN(C(=O)c2cccc(C(=O)OC)n2)CC1. The maximum Gasteiger partial charge on any atom is 0.356 e. The summed E-state index contributed by atoms with van der Waals surface area (Å²) in [6.07, 6.45) is 1.14. The molecule has 0 saturated carbocycles. The average molecular weight is 320 g/mol. The fourth-order valence-electron chi connectivity index (χ4n) is 2.51. The first-order chi connectivity index (χ1) is 11.1. The first kappa shape index (κ1) is 16.9. The molecule has 7 heteroatoms. The standard InChI is InChI=1S/C16H20N2O5/c1-3-23-15(20)11-7-9-18(10-8-11)14(19)12-5-4-6-13(17-12)16(21)22-2/h4-6,11H,3,7-10H2,1-2H3. The number of aromatic nitrogens is 1. The number of esters is 2. The van der Waals surface area contributed by atoms with Crippen molar-refractivity contribution >= 4 is 17.8 Å². The fourth-order valence-corrected chi connectivity index (χ4v) is 2.51. The number of nitrogens with zero attached hydrogens (tertiary/aromatic N) is 2. The van der Waals surface area contributed by atoms with Crippen LogP contribution in [0.3, 0.4) is 0 Å². The van der Waals surface area contributed by atoms with Crippen LogP contribution < -0.4 is 0 Å². The third kappa shape index (κ3) is 4.06. The molecule has 0 aromatic carbocycles. The van der Waals surface area contributed by atoms with Crippen molar-refractivity contribution < 1.29 is 23.9 Å². The van der Waals surface area contributed by atoms with Gasteiger partial charge in [-0.05, 0) is 31.9 Å². The molecule has 1 aliphatic heterocycles. The van der Waals surface area contributed by atoms with E-state index >= 15 is 0 Å². The molecule has 1 aromatic rings. The fraction of sp³-hybridized carbons (Fsp3) is 0.500. The van der Waals surface area contributed by atoms with Gasteiger partial charge in [-0.2, -0.15) is 0 Å². The molecule has 0 atom stereocenters. The Morgan fingerprint density at radius 2 is 1.87 bits per heavy atom. The van der Waals surface area contributed by atoms with E-state index < -0.39 is 5.97 Å². The van der Waals surface area contributed by atoms with E-state index in [1.165, 1.54) is 13.2 Å². The third-order valence-electron chi connectivity index (χ3n) is 3.76. The van der Waals surface area contributed by atoms with Gasteiger partial charge in [-0.15, -0.1) is 0 Å². The first-order valence-electron chi connectivity index (χ1n) is 7.58. The molecule has 1 aliphatic rings. The Morgan fingerprint density at radius 3 is 2.48 bits per heavy atom. The van der Waals surface area contributed by atoms with Gasteiger partial charge in [0.1, 0.15) is 11.4 Å². The zero-order valence-corrected chi connectivity index (χ0v) is 13.3. The monoisotopic (exact) mass is 320 g/mol. The summed E-state index contributed by atoms with van der Waals surface area (Å²) in [7, 11) is 1.26. The lowest BCUT2D eigenvalue weighted by Gasteiger charge is -2.30. The molecule has 2 heterocycles. The first-order valence-corrected chi connectivity index (χ1v) is 7.58. The van der Waals surface area contributed by atoms with Crippen LogP contribution in [0.1, 0.15) is 40.7 Å². The Kier molecular flexibility index (Phi) is 5.67. The molecule has 1 fully saturated rings. The highest BCUT2D eigenvalue weighted by Crippen LogP contribution is 2.20. The van der Waals surface area contributed by atoms with Gasteiger partial charge in [-0.1, -0.05) is 6.07 Å². The van der Waals surface area contributed by atoms with Crippen molar-refractivity contribution in [2.75, 3.05) is 26.8 Å². The van der Waals surface area contributed by atoms with Gasteiger partial charge in [0, 0.05) is 13.1 Å². The van der Waals surface area contributed by atoms with E-state index in [-0.39, 0.29) is 29.2 Å². The predicted molar refractivity (Wildman–Crippen MR) is 80.8 cm³/mol. The molecule has 1 saturated heterocycles. The van der Waals surface area contributed by atoms with Crippen LogP contribution in [-0.4, -0.2) is 54.5 Å². The zero-order valence-electron chi connectivity index (χ0n) is 13.3. The van der Waals surface area contributed by atoms with E-state index in [1.807, 2.05) is 0 Å². The summed E-state index contributed by atoms with van der Waals surface area (Å²) in [5, 5.41) is 0. The van der Waals surface area contributed by atoms with Crippen molar-refractivity contribution in [3.05, 3.63) is 29.6 Å². The largest absolute Gasteiger partial charge is 0.466 e. The predicted octanol–water partition coefficient (Wildman–Crippen LogP) is 1.28. The molecule has 0 bridgehead atoms. The van der Waals surface area contributed by atoms with Gasteiger partial charge in [0.15, 0.2) is 0 Å². The molecule has 124 valence electrons. The van der Waals surface area contributed by atoms with Gasteiger partial charge >= 0.3 is 11.9 Å². The van der Waals surface area contributed by atoms with Crippen LogP contribution in [0.25, 0.3) is 0 Å². The minimum Gasteiger partial charge on any atom is -0.466 e.